The van der Waals surface area contributed by atoms with Crippen molar-refractivity contribution in [3.63, 3.8) is 0 Å². The molecule has 0 saturated carbocycles. The predicted octanol–water partition coefficient (Wildman–Crippen LogP) is 3.94. The molecule has 7 nitrogen and oxygen atoms in total. The Hall–Kier alpha value is -3.35. The number of anilines is 1. The van der Waals surface area contributed by atoms with E-state index in [0.29, 0.717) is 12.2 Å². The van der Waals surface area contributed by atoms with Crippen LogP contribution >= 0.6 is 0 Å². The fourth-order valence-electron chi connectivity index (χ4n) is 2.58. The zero-order valence-electron chi connectivity index (χ0n) is 17.6. The van der Waals surface area contributed by atoms with Gasteiger partial charge in [-0.2, -0.15) is 0 Å². The molecule has 0 aliphatic carbocycles. The topological polar surface area (TPSA) is 93.7 Å². The van der Waals surface area contributed by atoms with Crippen LogP contribution < -0.4 is 10.6 Å². The molecule has 0 fully saturated rings. The number of rotatable bonds is 8. The monoisotopic (exact) mass is 412 g/mol. The summed E-state index contributed by atoms with van der Waals surface area (Å²) in [5.74, 6) is -1.01. The van der Waals surface area contributed by atoms with E-state index in [-0.39, 0.29) is 18.1 Å². The molecule has 0 bridgehead atoms. The first-order valence-corrected chi connectivity index (χ1v) is 9.81. The molecule has 0 heterocycles. The van der Waals surface area contributed by atoms with Gasteiger partial charge in [0.15, 0.2) is 6.61 Å². The lowest BCUT2D eigenvalue weighted by Gasteiger charge is -2.19. The SMILES string of the molecule is CC(C)(C)OC(=O)Nc1cccc(C(=O)OCC(=O)NCCCc2ccccc2)c1. The normalized spacial score (nSPS) is 10.8. The van der Waals surface area contributed by atoms with Crippen LogP contribution in [0.5, 0.6) is 0 Å². The van der Waals surface area contributed by atoms with Crippen LogP contribution in [0.2, 0.25) is 0 Å². The number of benzene rings is 2. The summed E-state index contributed by atoms with van der Waals surface area (Å²) in [5, 5.41) is 5.29. The average Bonchev–Trinajstić information content (AvgIpc) is 2.69. The van der Waals surface area contributed by atoms with Gasteiger partial charge in [0, 0.05) is 12.2 Å². The van der Waals surface area contributed by atoms with Gasteiger partial charge in [0.1, 0.15) is 5.60 Å². The van der Waals surface area contributed by atoms with Gasteiger partial charge in [-0.25, -0.2) is 9.59 Å². The van der Waals surface area contributed by atoms with Crippen molar-refractivity contribution >= 4 is 23.7 Å². The molecule has 2 rings (SSSR count). The van der Waals surface area contributed by atoms with Crippen LogP contribution in [0.15, 0.2) is 54.6 Å². The molecule has 2 aromatic rings. The molecule has 2 N–H and O–H groups in total. The standard InChI is InChI=1S/C23H28N2O5/c1-23(2,3)30-22(28)25-19-13-7-12-18(15-19)21(27)29-16-20(26)24-14-8-11-17-9-5-4-6-10-17/h4-7,9-10,12-13,15H,8,11,14,16H2,1-3H3,(H,24,26)(H,25,28). The summed E-state index contributed by atoms with van der Waals surface area (Å²) in [7, 11) is 0. The van der Waals surface area contributed by atoms with Crippen molar-refractivity contribution in [2.24, 2.45) is 0 Å². The lowest BCUT2D eigenvalue weighted by molar-refractivity contribution is -0.124. The van der Waals surface area contributed by atoms with Crippen molar-refractivity contribution in [2.75, 3.05) is 18.5 Å². The van der Waals surface area contributed by atoms with Gasteiger partial charge in [-0.15, -0.1) is 0 Å². The van der Waals surface area contributed by atoms with Crippen molar-refractivity contribution in [2.45, 2.75) is 39.2 Å². The average molecular weight is 412 g/mol. The molecule has 2 amide bonds. The molecule has 0 atom stereocenters. The van der Waals surface area contributed by atoms with Gasteiger partial charge in [-0.05, 0) is 57.4 Å². The highest BCUT2D eigenvalue weighted by Gasteiger charge is 2.17. The van der Waals surface area contributed by atoms with Crippen molar-refractivity contribution in [3.05, 3.63) is 65.7 Å². The third-order valence-corrected chi connectivity index (χ3v) is 3.89. The first-order valence-electron chi connectivity index (χ1n) is 9.81. The molecule has 0 aromatic heterocycles. The Morgan fingerprint density at radius 3 is 2.40 bits per heavy atom. The number of carbonyl (C=O) groups excluding carboxylic acids is 3. The van der Waals surface area contributed by atoms with Crippen molar-refractivity contribution in [1.29, 1.82) is 0 Å². The van der Waals surface area contributed by atoms with E-state index in [1.165, 1.54) is 11.6 Å². The number of hydrogen-bond acceptors (Lipinski definition) is 5. The summed E-state index contributed by atoms with van der Waals surface area (Å²) in [6.07, 6.45) is 1.03. The molecule has 0 unspecified atom stereocenters. The van der Waals surface area contributed by atoms with Crippen molar-refractivity contribution in [3.8, 4) is 0 Å². The first-order chi connectivity index (χ1) is 14.2. The summed E-state index contributed by atoms with van der Waals surface area (Å²) < 4.78 is 10.2. The van der Waals surface area contributed by atoms with E-state index in [1.54, 1.807) is 39.0 Å². The molecule has 7 heteroatoms. The van der Waals surface area contributed by atoms with Gasteiger partial charge >= 0.3 is 12.1 Å². The fraction of sp³-hybridized carbons (Fsp3) is 0.348. The molecular weight excluding hydrogens is 384 g/mol. The minimum Gasteiger partial charge on any atom is -0.452 e. The van der Waals surface area contributed by atoms with E-state index in [9.17, 15) is 14.4 Å². The highest BCUT2D eigenvalue weighted by atomic mass is 16.6. The second-order valence-electron chi connectivity index (χ2n) is 7.72. The van der Waals surface area contributed by atoms with E-state index in [0.717, 1.165) is 12.8 Å². The van der Waals surface area contributed by atoms with Crippen LogP contribution in [0.4, 0.5) is 10.5 Å². The van der Waals surface area contributed by atoms with Crippen LogP contribution in [-0.2, 0) is 20.7 Å². The van der Waals surface area contributed by atoms with Crippen molar-refractivity contribution in [1.82, 2.24) is 5.32 Å². The van der Waals surface area contributed by atoms with Crippen LogP contribution in [-0.4, -0.2) is 36.7 Å². The third kappa shape index (κ3) is 8.77. The Bertz CT molecular complexity index is 859. The minimum absolute atomic E-state index is 0.223. The third-order valence-electron chi connectivity index (χ3n) is 3.89. The van der Waals surface area contributed by atoms with E-state index >= 15 is 0 Å². The Morgan fingerprint density at radius 1 is 0.967 bits per heavy atom. The number of aryl methyl sites for hydroxylation is 1. The zero-order valence-corrected chi connectivity index (χ0v) is 17.6. The quantitative estimate of drug-likeness (QED) is 0.506. The smallest absolute Gasteiger partial charge is 0.412 e. The Kier molecular flexibility index (Phi) is 8.41. The molecule has 0 saturated heterocycles. The predicted molar refractivity (Wildman–Crippen MR) is 114 cm³/mol. The number of amides is 2. The Balaban J connectivity index is 1.73. The summed E-state index contributed by atoms with van der Waals surface area (Å²) in [5.41, 5.74) is 1.19. The largest absolute Gasteiger partial charge is 0.452 e. The van der Waals surface area contributed by atoms with E-state index < -0.39 is 17.7 Å². The molecule has 30 heavy (non-hydrogen) atoms. The maximum atomic E-state index is 12.2. The van der Waals surface area contributed by atoms with E-state index in [2.05, 4.69) is 10.6 Å². The molecular formula is C23H28N2O5. The van der Waals surface area contributed by atoms with E-state index in [4.69, 9.17) is 9.47 Å². The number of esters is 1. The van der Waals surface area contributed by atoms with Crippen LogP contribution in [0, 0.1) is 0 Å². The summed E-state index contributed by atoms with van der Waals surface area (Å²) in [6.45, 7) is 5.40. The van der Waals surface area contributed by atoms with Gasteiger partial charge in [0.2, 0.25) is 0 Å². The fourth-order valence-corrected chi connectivity index (χ4v) is 2.58. The van der Waals surface area contributed by atoms with Crippen LogP contribution in [0.1, 0.15) is 43.1 Å². The van der Waals surface area contributed by atoms with Crippen molar-refractivity contribution < 1.29 is 23.9 Å². The number of ether oxygens (including phenoxy) is 2. The Labute approximate surface area is 176 Å². The second kappa shape index (κ2) is 11.0. The first kappa shape index (κ1) is 22.9. The van der Waals surface area contributed by atoms with Gasteiger partial charge in [-0.1, -0.05) is 36.4 Å². The second-order valence-corrected chi connectivity index (χ2v) is 7.72. The maximum Gasteiger partial charge on any atom is 0.412 e. The van der Waals surface area contributed by atoms with Crippen LogP contribution in [0.25, 0.3) is 0 Å². The number of carbonyl (C=O) groups is 3. The summed E-state index contributed by atoms with van der Waals surface area (Å²) >= 11 is 0. The molecule has 160 valence electrons. The summed E-state index contributed by atoms with van der Waals surface area (Å²) in [4.78, 5) is 35.9. The molecule has 2 aromatic carbocycles. The highest BCUT2D eigenvalue weighted by Crippen LogP contribution is 2.14. The van der Waals surface area contributed by atoms with Gasteiger partial charge < -0.3 is 14.8 Å². The molecule has 0 aliphatic rings. The van der Waals surface area contributed by atoms with Gasteiger partial charge in [-0.3, -0.25) is 10.1 Å². The number of hydrogen-bond donors (Lipinski definition) is 2. The minimum atomic E-state index is -0.651. The van der Waals surface area contributed by atoms with Crippen LogP contribution in [0.3, 0.4) is 0 Å². The lowest BCUT2D eigenvalue weighted by atomic mass is 10.1. The van der Waals surface area contributed by atoms with Gasteiger partial charge in [0.25, 0.3) is 5.91 Å². The molecule has 0 aliphatic heterocycles. The van der Waals surface area contributed by atoms with E-state index in [1.807, 2.05) is 30.3 Å². The molecule has 0 spiro atoms. The maximum absolute atomic E-state index is 12.2. The Morgan fingerprint density at radius 2 is 1.70 bits per heavy atom. The van der Waals surface area contributed by atoms with Gasteiger partial charge in [0.05, 0.1) is 5.56 Å². The zero-order chi connectivity index (χ0) is 22.0. The highest BCUT2D eigenvalue weighted by molar-refractivity contribution is 5.93. The lowest BCUT2D eigenvalue weighted by Crippen LogP contribution is -2.29. The number of nitrogens with one attached hydrogen (secondary N) is 2. The summed E-state index contributed by atoms with van der Waals surface area (Å²) in [6, 6.07) is 16.2. The molecule has 0 radical (unpaired) electrons.